The Bertz CT molecular complexity index is 640. The monoisotopic (exact) mass is 335 g/mol. The molecule has 0 radical (unpaired) electrons. The molecule has 4 heteroatoms. The third-order valence-electron chi connectivity index (χ3n) is 3.07. The highest BCUT2D eigenvalue weighted by atomic mass is 79.9. The standard InChI is InChI=1S/C16H15BrFNO/c1-19(2)13-7-3-5-11(9-13)15(20)10-12-6-4-8-14(18)16(12)17/h3-9H,10H2,1-2H3. The fourth-order valence-electron chi connectivity index (χ4n) is 1.92. The van der Waals surface area contributed by atoms with Crippen LogP contribution in [0.1, 0.15) is 15.9 Å². The van der Waals surface area contributed by atoms with E-state index < -0.39 is 0 Å². The zero-order valence-electron chi connectivity index (χ0n) is 11.4. The number of hydrogen-bond acceptors (Lipinski definition) is 2. The van der Waals surface area contributed by atoms with Crippen LogP contribution in [-0.4, -0.2) is 19.9 Å². The molecule has 0 bridgehead atoms. The van der Waals surface area contributed by atoms with Crippen molar-refractivity contribution < 1.29 is 9.18 Å². The van der Waals surface area contributed by atoms with E-state index in [1.54, 1.807) is 18.2 Å². The van der Waals surface area contributed by atoms with Crippen LogP contribution in [0.15, 0.2) is 46.9 Å². The van der Waals surface area contributed by atoms with Crippen molar-refractivity contribution in [3.05, 3.63) is 63.9 Å². The van der Waals surface area contributed by atoms with Gasteiger partial charge in [-0.25, -0.2) is 4.39 Å². The van der Waals surface area contributed by atoms with E-state index >= 15 is 0 Å². The summed E-state index contributed by atoms with van der Waals surface area (Å²) in [5, 5.41) is 0. The normalized spacial score (nSPS) is 10.4. The summed E-state index contributed by atoms with van der Waals surface area (Å²) >= 11 is 3.18. The van der Waals surface area contributed by atoms with Crippen molar-refractivity contribution in [1.82, 2.24) is 0 Å². The molecule has 0 unspecified atom stereocenters. The summed E-state index contributed by atoms with van der Waals surface area (Å²) in [6.07, 6.45) is 0.176. The lowest BCUT2D eigenvalue weighted by Gasteiger charge is -2.13. The second-order valence-corrected chi connectivity index (χ2v) is 5.55. The van der Waals surface area contributed by atoms with Gasteiger partial charge in [-0.15, -0.1) is 0 Å². The maximum Gasteiger partial charge on any atom is 0.167 e. The minimum Gasteiger partial charge on any atom is -0.378 e. The molecule has 0 aliphatic rings. The number of rotatable bonds is 4. The fraction of sp³-hybridized carbons (Fsp3) is 0.188. The van der Waals surface area contributed by atoms with E-state index in [4.69, 9.17) is 0 Å². The molecule has 0 saturated heterocycles. The molecule has 2 aromatic carbocycles. The van der Waals surface area contributed by atoms with Gasteiger partial charge in [-0.2, -0.15) is 0 Å². The first-order chi connectivity index (χ1) is 9.49. The van der Waals surface area contributed by atoms with Gasteiger partial charge in [0.1, 0.15) is 5.82 Å². The first-order valence-electron chi connectivity index (χ1n) is 6.22. The molecule has 0 aliphatic carbocycles. The predicted molar refractivity (Wildman–Crippen MR) is 82.9 cm³/mol. The van der Waals surface area contributed by atoms with Crippen LogP contribution in [0.2, 0.25) is 0 Å². The number of Topliss-reactive ketones (excluding diaryl/α,β-unsaturated/α-hetero) is 1. The number of ketones is 1. The molecular weight excluding hydrogens is 321 g/mol. The Labute approximate surface area is 126 Å². The number of carbonyl (C=O) groups excluding carboxylic acids is 1. The molecule has 2 aromatic rings. The number of carbonyl (C=O) groups is 1. The third kappa shape index (κ3) is 3.25. The van der Waals surface area contributed by atoms with E-state index in [2.05, 4.69) is 15.9 Å². The first-order valence-corrected chi connectivity index (χ1v) is 7.02. The van der Waals surface area contributed by atoms with Gasteiger partial charge in [0, 0.05) is 31.8 Å². The van der Waals surface area contributed by atoms with Crippen molar-refractivity contribution in [1.29, 1.82) is 0 Å². The van der Waals surface area contributed by atoms with Crippen molar-refractivity contribution in [2.45, 2.75) is 6.42 Å². The van der Waals surface area contributed by atoms with Crippen LogP contribution >= 0.6 is 15.9 Å². The van der Waals surface area contributed by atoms with Crippen molar-refractivity contribution in [2.75, 3.05) is 19.0 Å². The van der Waals surface area contributed by atoms with Crippen LogP contribution in [0.4, 0.5) is 10.1 Å². The second kappa shape index (κ2) is 6.18. The summed E-state index contributed by atoms with van der Waals surface area (Å²) in [6.45, 7) is 0. The molecule has 0 aliphatic heterocycles. The summed E-state index contributed by atoms with van der Waals surface area (Å²) in [4.78, 5) is 14.2. The maximum atomic E-state index is 13.4. The summed E-state index contributed by atoms with van der Waals surface area (Å²) in [7, 11) is 3.85. The Morgan fingerprint density at radius 2 is 1.90 bits per heavy atom. The number of halogens is 2. The van der Waals surface area contributed by atoms with Crippen LogP contribution < -0.4 is 4.90 Å². The van der Waals surface area contributed by atoms with Crippen molar-refractivity contribution in [3.63, 3.8) is 0 Å². The van der Waals surface area contributed by atoms with Gasteiger partial charge in [0.2, 0.25) is 0 Å². The molecule has 0 atom stereocenters. The second-order valence-electron chi connectivity index (χ2n) is 4.76. The van der Waals surface area contributed by atoms with Gasteiger partial charge in [0.25, 0.3) is 0 Å². The minimum atomic E-state index is -0.350. The lowest BCUT2D eigenvalue weighted by Crippen LogP contribution is -2.10. The van der Waals surface area contributed by atoms with Crippen molar-refractivity contribution in [2.24, 2.45) is 0 Å². The Kier molecular flexibility index (Phi) is 4.55. The molecule has 0 heterocycles. The molecule has 2 nitrogen and oxygen atoms in total. The smallest absolute Gasteiger partial charge is 0.167 e. The molecule has 2 rings (SSSR count). The lowest BCUT2D eigenvalue weighted by atomic mass is 10.0. The molecular formula is C16H15BrFNO. The van der Waals surface area contributed by atoms with E-state index in [0.29, 0.717) is 15.6 Å². The van der Waals surface area contributed by atoms with Gasteiger partial charge in [0.15, 0.2) is 5.78 Å². The summed E-state index contributed by atoms with van der Waals surface area (Å²) in [6, 6.07) is 12.1. The quantitative estimate of drug-likeness (QED) is 0.784. The van der Waals surface area contributed by atoms with E-state index in [1.807, 2.05) is 37.2 Å². The van der Waals surface area contributed by atoms with Crippen LogP contribution in [-0.2, 0) is 6.42 Å². The van der Waals surface area contributed by atoms with E-state index in [0.717, 1.165) is 5.69 Å². The van der Waals surface area contributed by atoms with Gasteiger partial charge < -0.3 is 4.90 Å². The molecule has 0 saturated carbocycles. The highest BCUT2D eigenvalue weighted by Gasteiger charge is 2.12. The van der Waals surface area contributed by atoms with Crippen molar-refractivity contribution >= 4 is 27.4 Å². The van der Waals surface area contributed by atoms with Gasteiger partial charge in [-0.05, 0) is 39.7 Å². The van der Waals surface area contributed by atoms with Gasteiger partial charge in [0.05, 0.1) is 4.47 Å². The highest BCUT2D eigenvalue weighted by Crippen LogP contribution is 2.22. The van der Waals surface area contributed by atoms with Crippen LogP contribution in [0.25, 0.3) is 0 Å². The third-order valence-corrected chi connectivity index (χ3v) is 3.96. The molecule has 0 aromatic heterocycles. The summed E-state index contributed by atoms with van der Waals surface area (Å²) in [5.41, 5.74) is 2.26. The Morgan fingerprint density at radius 1 is 1.20 bits per heavy atom. The Hall–Kier alpha value is -1.68. The predicted octanol–water partition coefficient (Wildman–Crippen LogP) is 4.08. The fourth-order valence-corrected chi connectivity index (χ4v) is 2.32. The zero-order valence-corrected chi connectivity index (χ0v) is 12.9. The minimum absolute atomic E-state index is 0.0278. The van der Waals surface area contributed by atoms with Crippen LogP contribution in [0, 0.1) is 5.82 Å². The van der Waals surface area contributed by atoms with Gasteiger partial charge in [-0.3, -0.25) is 4.79 Å². The molecule has 0 fully saturated rings. The van der Waals surface area contributed by atoms with Crippen molar-refractivity contribution in [3.8, 4) is 0 Å². The van der Waals surface area contributed by atoms with Crippen LogP contribution in [0.5, 0.6) is 0 Å². The molecule has 104 valence electrons. The van der Waals surface area contributed by atoms with E-state index in [1.165, 1.54) is 6.07 Å². The average Bonchev–Trinajstić information content (AvgIpc) is 2.44. The Morgan fingerprint density at radius 3 is 2.60 bits per heavy atom. The number of anilines is 1. The summed E-state index contributed by atoms with van der Waals surface area (Å²) in [5.74, 6) is -0.377. The lowest BCUT2D eigenvalue weighted by molar-refractivity contribution is 0.0993. The SMILES string of the molecule is CN(C)c1cccc(C(=O)Cc2cccc(F)c2Br)c1. The number of benzene rings is 2. The average molecular weight is 336 g/mol. The van der Waals surface area contributed by atoms with E-state index in [-0.39, 0.29) is 18.0 Å². The molecule has 0 N–H and O–H groups in total. The summed E-state index contributed by atoms with van der Waals surface area (Å²) < 4.78 is 13.8. The highest BCUT2D eigenvalue weighted by molar-refractivity contribution is 9.10. The first kappa shape index (κ1) is 14.7. The zero-order chi connectivity index (χ0) is 14.7. The Balaban J connectivity index is 2.24. The molecule has 0 spiro atoms. The van der Waals surface area contributed by atoms with Gasteiger partial charge in [-0.1, -0.05) is 24.3 Å². The van der Waals surface area contributed by atoms with E-state index in [9.17, 15) is 9.18 Å². The van der Waals surface area contributed by atoms with Crippen LogP contribution in [0.3, 0.4) is 0 Å². The number of hydrogen-bond donors (Lipinski definition) is 0. The topological polar surface area (TPSA) is 20.3 Å². The molecule has 0 amide bonds. The number of nitrogens with zero attached hydrogens (tertiary/aromatic N) is 1. The largest absolute Gasteiger partial charge is 0.378 e. The maximum absolute atomic E-state index is 13.4. The van der Waals surface area contributed by atoms with Gasteiger partial charge >= 0.3 is 0 Å². The molecule has 20 heavy (non-hydrogen) atoms.